The molecule has 3 rings (SSSR count). The van der Waals surface area contributed by atoms with Gasteiger partial charge in [-0.1, -0.05) is 17.7 Å². The van der Waals surface area contributed by atoms with Crippen LogP contribution in [0.3, 0.4) is 0 Å². The fourth-order valence-corrected chi connectivity index (χ4v) is 4.06. The van der Waals surface area contributed by atoms with E-state index in [0.717, 1.165) is 18.4 Å². The van der Waals surface area contributed by atoms with E-state index in [-0.39, 0.29) is 12.3 Å². The van der Waals surface area contributed by atoms with Crippen molar-refractivity contribution in [3.05, 3.63) is 58.6 Å². The van der Waals surface area contributed by atoms with Crippen molar-refractivity contribution in [2.45, 2.75) is 26.2 Å². The van der Waals surface area contributed by atoms with Crippen LogP contribution >= 0.6 is 11.6 Å². The second kappa shape index (κ2) is 9.39. The Kier molecular flexibility index (Phi) is 6.87. The topological polar surface area (TPSA) is 81.9 Å². The van der Waals surface area contributed by atoms with E-state index in [1.807, 2.05) is 13.0 Å². The molecule has 1 fully saturated rings. The minimum atomic E-state index is -0.536. The summed E-state index contributed by atoms with van der Waals surface area (Å²) in [6.45, 7) is 3.22. The standard InChI is InChI=1S/C23H27ClN2O4/c1-16-11-19(7-8-20(16)24)30-15-23(13-21(25)27)9-4-10-26(14-23)22(28)17-5-3-6-18(12-17)29-2/h3,5-8,11-12H,4,9-10,13-15H2,1-2H3,(H2,25,27). The molecule has 0 saturated carbocycles. The van der Waals surface area contributed by atoms with E-state index in [2.05, 4.69) is 0 Å². The van der Waals surface area contributed by atoms with Crippen molar-refractivity contribution in [2.24, 2.45) is 11.1 Å². The second-order valence-electron chi connectivity index (χ2n) is 7.90. The molecule has 1 aliphatic heterocycles. The minimum absolute atomic E-state index is 0.0928. The molecule has 160 valence electrons. The first-order chi connectivity index (χ1) is 14.3. The van der Waals surface area contributed by atoms with Crippen molar-refractivity contribution in [1.82, 2.24) is 4.90 Å². The SMILES string of the molecule is COc1cccc(C(=O)N2CCCC(COc3ccc(Cl)c(C)c3)(CC(N)=O)C2)c1. The molecule has 0 spiro atoms. The van der Waals surface area contributed by atoms with Gasteiger partial charge in [0.1, 0.15) is 11.5 Å². The van der Waals surface area contributed by atoms with E-state index in [9.17, 15) is 9.59 Å². The van der Waals surface area contributed by atoms with Crippen LogP contribution < -0.4 is 15.2 Å². The van der Waals surface area contributed by atoms with Crippen molar-refractivity contribution in [2.75, 3.05) is 26.8 Å². The van der Waals surface area contributed by atoms with Gasteiger partial charge in [-0.05, 0) is 61.7 Å². The molecule has 30 heavy (non-hydrogen) atoms. The van der Waals surface area contributed by atoms with Crippen LogP contribution in [0.15, 0.2) is 42.5 Å². The molecule has 2 aromatic rings. The first-order valence-corrected chi connectivity index (χ1v) is 10.3. The summed E-state index contributed by atoms with van der Waals surface area (Å²) in [4.78, 5) is 26.7. The lowest BCUT2D eigenvalue weighted by atomic mass is 9.77. The van der Waals surface area contributed by atoms with Gasteiger partial charge < -0.3 is 20.1 Å². The Balaban J connectivity index is 1.78. The number of ether oxygens (including phenoxy) is 2. The van der Waals surface area contributed by atoms with E-state index in [1.54, 1.807) is 48.4 Å². The van der Waals surface area contributed by atoms with E-state index in [1.165, 1.54) is 0 Å². The monoisotopic (exact) mass is 430 g/mol. The van der Waals surface area contributed by atoms with Gasteiger partial charge in [-0.3, -0.25) is 9.59 Å². The first kappa shape index (κ1) is 22.0. The maximum atomic E-state index is 13.1. The number of carbonyl (C=O) groups is 2. The molecule has 7 heteroatoms. The number of carbonyl (C=O) groups excluding carboxylic acids is 2. The molecule has 1 aliphatic rings. The quantitative estimate of drug-likeness (QED) is 0.723. The zero-order valence-corrected chi connectivity index (χ0v) is 18.1. The highest BCUT2D eigenvalue weighted by molar-refractivity contribution is 6.31. The van der Waals surface area contributed by atoms with E-state index < -0.39 is 11.3 Å². The van der Waals surface area contributed by atoms with Crippen molar-refractivity contribution in [3.63, 3.8) is 0 Å². The van der Waals surface area contributed by atoms with Crippen LogP contribution in [0.2, 0.25) is 5.02 Å². The summed E-state index contributed by atoms with van der Waals surface area (Å²) in [5.41, 5.74) is 6.49. The Morgan fingerprint density at radius 3 is 2.70 bits per heavy atom. The molecule has 1 heterocycles. The summed E-state index contributed by atoms with van der Waals surface area (Å²) in [6.07, 6.45) is 1.68. The second-order valence-corrected chi connectivity index (χ2v) is 8.31. The number of likely N-dealkylation sites (tertiary alicyclic amines) is 1. The van der Waals surface area contributed by atoms with Crippen molar-refractivity contribution in [1.29, 1.82) is 0 Å². The molecular formula is C23H27ClN2O4. The lowest BCUT2D eigenvalue weighted by Crippen LogP contribution is -2.50. The number of nitrogens with zero attached hydrogens (tertiary/aromatic N) is 1. The summed E-state index contributed by atoms with van der Waals surface area (Å²) in [5.74, 6) is 0.811. The predicted molar refractivity (Wildman–Crippen MR) is 116 cm³/mol. The lowest BCUT2D eigenvalue weighted by Gasteiger charge is -2.42. The number of halogens is 1. The van der Waals surface area contributed by atoms with Crippen molar-refractivity contribution >= 4 is 23.4 Å². The number of amides is 2. The third kappa shape index (κ3) is 5.25. The number of hydrogen-bond donors (Lipinski definition) is 1. The van der Waals surface area contributed by atoms with Crippen LogP contribution in [0, 0.1) is 12.3 Å². The number of aryl methyl sites for hydroxylation is 1. The zero-order chi connectivity index (χ0) is 21.7. The van der Waals surface area contributed by atoms with E-state index in [4.69, 9.17) is 26.8 Å². The summed E-state index contributed by atoms with van der Waals surface area (Å²) < 4.78 is 11.3. The van der Waals surface area contributed by atoms with Gasteiger partial charge in [0.05, 0.1) is 13.7 Å². The molecule has 6 nitrogen and oxygen atoms in total. The summed E-state index contributed by atoms with van der Waals surface area (Å²) in [6, 6.07) is 12.5. The van der Waals surface area contributed by atoms with Gasteiger partial charge in [0.2, 0.25) is 5.91 Å². The van der Waals surface area contributed by atoms with Gasteiger partial charge in [-0.2, -0.15) is 0 Å². The third-order valence-corrected chi connectivity index (χ3v) is 5.91. The Labute approximate surface area is 181 Å². The van der Waals surface area contributed by atoms with Crippen LogP contribution in [-0.4, -0.2) is 43.5 Å². The summed E-state index contributed by atoms with van der Waals surface area (Å²) in [5, 5.41) is 0.668. The van der Waals surface area contributed by atoms with Gasteiger partial charge in [0.25, 0.3) is 5.91 Å². The number of nitrogens with two attached hydrogens (primary N) is 1. The molecule has 2 N–H and O–H groups in total. The normalized spacial score (nSPS) is 18.7. The summed E-state index contributed by atoms with van der Waals surface area (Å²) in [7, 11) is 1.57. The molecule has 2 aromatic carbocycles. The van der Waals surface area contributed by atoms with Crippen LogP contribution in [0.4, 0.5) is 0 Å². The summed E-state index contributed by atoms with van der Waals surface area (Å²) >= 11 is 6.09. The fraction of sp³-hybridized carbons (Fsp3) is 0.391. The van der Waals surface area contributed by atoms with Gasteiger partial charge in [-0.15, -0.1) is 0 Å². The van der Waals surface area contributed by atoms with E-state index >= 15 is 0 Å². The minimum Gasteiger partial charge on any atom is -0.497 e. The number of primary amides is 1. The van der Waals surface area contributed by atoms with Crippen LogP contribution in [0.25, 0.3) is 0 Å². The average Bonchev–Trinajstić information content (AvgIpc) is 2.74. The fourth-order valence-electron chi connectivity index (χ4n) is 3.95. The molecule has 0 aromatic heterocycles. The molecule has 2 amide bonds. The maximum absolute atomic E-state index is 13.1. The maximum Gasteiger partial charge on any atom is 0.254 e. The number of benzene rings is 2. The Bertz CT molecular complexity index is 933. The first-order valence-electron chi connectivity index (χ1n) is 9.92. The third-order valence-electron chi connectivity index (χ3n) is 5.49. The van der Waals surface area contributed by atoms with Crippen molar-refractivity contribution in [3.8, 4) is 11.5 Å². The van der Waals surface area contributed by atoms with Gasteiger partial charge in [0, 0.05) is 35.5 Å². The van der Waals surface area contributed by atoms with E-state index in [0.29, 0.717) is 41.8 Å². The van der Waals surface area contributed by atoms with Crippen molar-refractivity contribution < 1.29 is 19.1 Å². The predicted octanol–water partition coefficient (Wildman–Crippen LogP) is 3.83. The lowest BCUT2D eigenvalue weighted by molar-refractivity contribution is -0.122. The highest BCUT2D eigenvalue weighted by Gasteiger charge is 2.39. The highest BCUT2D eigenvalue weighted by Crippen LogP contribution is 2.35. The van der Waals surface area contributed by atoms with Crippen LogP contribution in [0.1, 0.15) is 35.2 Å². The Morgan fingerprint density at radius 2 is 2.00 bits per heavy atom. The zero-order valence-electron chi connectivity index (χ0n) is 17.3. The van der Waals surface area contributed by atoms with Crippen LogP contribution in [-0.2, 0) is 4.79 Å². The number of hydrogen-bond acceptors (Lipinski definition) is 4. The molecule has 0 aliphatic carbocycles. The smallest absolute Gasteiger partial charge is 0.254 e. The molecular weight excluding hydrogens is 404 g/mol. The molecule has 1 saturated heterocycles. The number of rotatable bonds is 7. The molecule has 1 atom stereocenters. The average molecular weight is 431 g/mol. The molecule has 0 radical (unpaired) electrons. The van der Waals surface area contributed by atoms with Crippen LogP contribution in [0.5, 0.6) is 11.5 Å². The van der Waals surface area contributed by atoms with Gasteiger partial charge >= 0.3 is 0 Å². The number of methoxy groups -OCH3 is 1. The number of piperidine rings is 1. The highest BCUT2D eigenvalue weighted by atomic mass is 35.5. The Morgan fingerprint density at radius 1 is 1.20 bits per heavy atom. The largest absolute Gasteiger partial charge is 0.497 e. The molecule has 1 unspecified atom stereocenters. The van der Waals surface area contributed by atoms with Gasteiger partial charge in [0.15, 0.2) is 0 Å². The molecule has 0 bridgehead atoms. The Hall–Kier alpha value is -2.73. The van der Waals surface area contributed by atoms with Gasteiger partial charge in [-0.25, -0.2) is 0 Å².